The first-order valence-electron chi connectivity index (χ1n) is 8.38. The molecule has 0 amide bonds. The second kappa shape index (κ2) is 6.89. The van der Waals surface area contributed by atoms with E-state index in [-0.39, 0.29) is 0 Å². The predicted octanol–water partition coefficient (Wildman–Crippen LogP) is 1.79. The Labute approximate surface area is 139 Å². The SMILES string of the molecule is Cc1ccc(S(=O)(=O)N2CCN(C3CCOCC3)CC2)c(C)c1. The maximum absolute atomic E-state index is 12.9. The van der Waals surface area contributed by atoms with Gasteiger partial charge in [0.25, 0.3) is 0 Å². The van der Waals surface area contributed by atoms with Gasteiger partial charge in [0, 0.05) is 45.4 Å². The number of hydrogen-bond donors (Lipinski definition) is 0. The molecule has 2 aliphatic heterocycles. The topological polar surface area (TPSA) is 49.9 Å². The summed E-state index contributed by atoms with van der Waals surface area (Å²) >= 11 is 0. The van der Waals surface area contributed by atoms with Gasteiger partial charge in [0.05, 0.1) is 4.90 Å². The summed E-state index contributed by atoms with van der Waals surface area (Å²) in [6.45, 7) is 8.29. The van der Waals surface area contributed by atoms with E-state index in [2.05, 4.69) is 4.90 Å². The molecule has 0 aliphatic carbocycles. The third-order valence-electron chi connectivity index (χ3n) is 4.93. The van der Waals surface area contributed by atoms with Gasteiger partial charge < -0.3 is 4.74 Å². The molecule has 5 nitrogen and oxygen atoms in total. The van der Waals surface area contributed by atoms with Crippen LogP contribution in [0.3, 0.4) is 0 Å². The number of aryl methyl sites for hydroxylation is 2. The lowest BCUT2D eigenvalue weighted by atomic mass is 10.1. The number of rotatable bonds is 3. The number of benzene rings is 1. The van der Waals surface area contributed by atoms with Gasteiger partial charge in [-0.05, 0) is 38.3 Å². The van der Waals surface area contributed by atoms with E-state index in [0.29, 0.717) is 24.0 Å². The van der Waals surface area contributed by atoms with E-state index < -0.39 is 10.0 Å². The zero-order valence-corrected chi connectivity index (χ0v) is 14.8. The van der Waals surface area contributed by atoms with Gasteiger partial charge in [-0.3, -0.25) is 4.90 Å². The molecule has 0 saturated carbocycles. The Hall–Kier alpha value is -0.950. The molecule has 1 aromatic rings. The summed E-state index contributed by atoms with van der Waals surface area (Å²) in [6.07, 6.45) is 2.12. The average molecular weight is 338 g/mol. The van der Waals surface area contributed by atoms with Gasteiger partial charge in [0.1, 0.15) is 0 Å². The molecule has 3 rings (SSSR count). The fourth-order valence-electron chi connectivity index (χ4n) is 3.59. The first kappa shape index (κ1) is 16.9. The van der Waals surface area contributed by atoms with Crippen LogP contribution < -0.4 is 0 Å². The zero-order chi connectivity index (χ0) is 16.4. The quantitative estimate of drug-likeness (QED) is 0.843. The molecule has 2 saturated heterocycles. The molecule has 0 aromatic heterocycles. The van der Waals surface area contributed by atoms with Gasteiger partial charge in [0.2, 0.25) is 10.0 Å². The summed E-state index contributed by atoms with van der Waals surface area (Å²) in [4.78, 5) is 2.87. The van der Waals surface area contributed by atoms with Crippen molar-refractivity contribution in [2.24, 2.45) is 0 Å². The van der Waals surface area contributed by atoms with Crippen molar-refractivity contribution in [2.45, 2.75) is 37.6 Å². The van der Waals surface area contributed by atoms with Crippen molar-refractivity contribution in [1.29, 1.82) is 0 Å². The summed E-state index contributed by atoms with van der Waals surface area (Å²) in [5.41, 5.74) is 1.92. The summed E-state index contributed by atoms with van der Waals surface area (Å²) in [5, 5.41) is 0. The normalized spacial score (nSPS) is 22.3. The van der Waals surface area contributed by atoms with Crippen LogP contribution in [0, 0.1) is 13.8 Å². The minimum absolute atomic E-state index is 0.447. The smallest absolute Gasteiger partial charge is 0.243 e. The molecule has 23 heavy (non-hydrogen) atoms. The van der Waals surface area contributed by atoms with Crippen molar-refractivity contribution >= 4 is 10.0 Å². The first-order valence-corrected chi connectivity index (χ1v) is 9.82. The van der Waals surface area contributed by atoms with Crippen molar-refractivity contribution in [3.8, 4) is 0 Å². The molecule has 2 fully saturated rings. The lowest BCUT2D eigenvalue weighted by Crippen LogP contribution is -2.53. The van der Waals surface area contributed by atoms with Crippen LogP contribution in [0.1, 0.15) is 24.0 Å². The van der Waals surface area contributed by atoms with E-state index >= 15 is 0 Å². The molecule has 128 valence electrons. The Morgan fingerprint density at radius 3 is 2.30 bits per heavy atom. The largest absolute Gasteiger partial charge is 0.381 e. The summed E-state index contributed by atoms with van der Waals surface area (Å²) in [6, 6.07) is 6.10. The maximum Gasteiger partial charge on any atom is 0.243 e. The van der Waals surface area contributed by atoms with Crippen LogP contribution in [-0.4, -0.2) is 63.1 Å². The Morgan fingerprint density at radius 1 is 1.04 bits per heavy atom. The number of hydrogen-bond acceptors (Lipinski definition) is 4. The molecule has 0 atom stereocenters. The third-order valence-corrected chi connectivity index (χ3v) is 6.99. The predicted molar refractivity (Wildman–Crippen MR) is 90.1 cm³/mol. The zero-order valence-electron chi connectivity index (χ0n) is 14.0. The minimum Gasteiger partial charge on any atom is -0.381 e. The van der Waals surface area contributed by atoms with Crippen LogP contribution in [0.25, 0.3) is 0 Å². The molecule has 2 heterocycles. The summed E-state index contributed by atoms with van der Waals surface area (Å²) in [7, 11) is -3.38. The van der Waals surface area contributed by atoms with Crippen LogP contribution in [-0.2, 0) is 14.8 Å². The maximum atomic E-state index is 12.9. The Kier molecular flexibility index (Phi) is 5.06. The minimum atomic E-state index is -3.38. The number of piperazine rings is 1. The van der Waals surface area contributed by atoms with Crippen LogP contribution in [0.2, 0.25) is 0 Å². The van der Waals surface area contributed by atoms with Crippen molar-refractivity contribution in [3.63, 3.8) is 0 Å². The second-order valence-electron chi connectivity index (χ2n) is 6.55. The third kappa shape index (κ3) is 3.60. The fourth-order valence-corrected chi connectivity index (χ4v) is 5.22. The standard InChI is InChI=1S/C17H26N2O3S/c1-14-3-4-17(15(2)13-14)23(20,21)19-9-7-18(8-10-19)16-5-11-22-12-6-16/h3-4,13,16H,5-12H2,1-2H3. The second-order valence-corrected chi connectivity index (χ2v) is 8.46. The van der Waals surface area contributed by atoms with E-state index in [1.807, 2.05) is 26.0 Å². The highest BCUT2D eigenvalue weighted by Gasteiger charge is 2.32. The van der Waals surface area contributed by atoms with E-state index in [1.54, 1.807) is 10.4 Å². The monoisotopic (exact) mass is 338 g/mol. The van der Waals surface area contributed by atoms with Crippen molar-refractivity contribution in [3.05, 3.63) is 29.3 Å². The van der Waals surface area contributed by atoms with Crippen LogP contribution in [0.4, 0.5) is 0 Å². The molecular weight excluding hydrogens is 312 g/mol. The van der Waals surface area contributed by atoms with Crippen molar-refractivity contribution in [1.82, 2.24) is 9.21 Å². The molecule has 0 unspecified atom stereocenters. The molecule has 1 aromatic carbocycles. The Morgan fingerprint density at radius 2 is 1.70 bits per heavy atom. The van der Waals surface area contributed by atoms with Crippen molar-refractivity contribution in [2.75, 3.05) is 39.4 Å². The Balaban J connectivity index is 1.68. The van der Waals surface area contributed by atoms with Crippen LogP contribution >= 0.6 is 0 Å². The molecule has 0 N–H and O–H groups in total. The van der Waals surface area contributed by atoms with E-state index in [4.69, 9.17) is 4.74 Å². The van der Waals surface area contributed by atoms with Gasteiger partial charge in [-0.2, -0.15) is 4.31 Å². The average Bonchev–Trinajstić information content (AvgIpc) is 2.55. The van der Waals surface area contributed by atoms with Crippen LogP contribution in [0.15, 0.2) is 23.1 Å². The van der Waals surface area contributed by atoms with Gasteiger partial charge in [-0.25, -0.2) is 8.42 Å². The van der Waals surface area contributed by atoms with E-state index in [1.165, 1.54) is 0 Å². The summed E-state index contributed by atoms with van der Waals surface area (Å²) < 4.78 is 32.8. The molecule has 0 spiro atoms. The first-order chi connectivity index (χ1) is 11.0. The van der Waals surface area contributed by atoms with Gasteiger partial charge in [-0.15, -0.1) is 0 Å². The van der Waals surface area contributed by atoms with Crippen LogP contribution in [0.5, 0.6) is 0 Å². The van der Waals surface area contributed by atoms with Gasteiger partial charge in [-0.1, -0.05) is 17.7 Å². The molecule has 0 radical (unpaired) electrons. The van der Waals surface area contributed by atoms with Crippen molar-refractivity contribution < 1.29 is 13.2 Å². The fraction of sp³-hybridized carbons (Fsp3) is 0.647. The van der Waals surface area contributed by atoms with E-state index in [9.17, 15) is 8.42 Å². The summed E-state index contributed by atoms with van der Waals surface area (Å²) in [5.74, 6) is 0. The number of ether oxygens (including phenoxy) is 1. The highest BCUT2D eigenvalue weighted by molar-refractivity contribution is 7.89. The number of nitrogens with zero attached hydrogens (tertiary/aromatic N) is 2. The number of sulfonamides is 1. The lowest BCUT2D eigenvalue weighted by molar-refractivity contribution is 0.0229. The lowest BCUT2D eigenvalue weighted by Gasteiger charge is -2.40. The van der Waals surface area contributed by atoms with E-state index in [0.717, 1.165) is 50.3 Å². The van der Waals surface area contributed by atoms with Gasteiger partial charge in [0.15, 0.2) is 0 Å². The molecule has 2 aliphatic rings. The Bertz CT molecular complexity index is 646. The van der Waals surface area contributed by atoms with Gasteiger partial charge >= 0.3 is 0 Å². The highest BCUT2D eigenvalue weighted by Crippen LogP contribution is 2.23. The molecule has 0 bridgehead atoms. The molecule has 6 heteroatoms. The highest BCUT2D eigenvalue weighted by atomic mass is 32.2. The molecular formula is C17H26N2O3S.